The summed E-state index contributed by atoms with van der Waals surface area (Å²) in [6, 6.07) is 5.02. The van der Waals surface area contributed by atoms with Gasteiger partial charge in [0.05, 0.1) is 0 Å². The Morgan fingerprint density at radius 2 is 2.14 bits per heavy atom. The molecule has 2 aliphatic heterocycles. The number of hydrogen-bond acceptors (Lipinski definition) is 5. The number of hydrogen-bond donors (Lipinski definition) is 3. The minimum absolute atomic E-state index is 0.0441. The molecule has 22 heavy (non-hydrogen) atoms. The number of amides is 2. The van der Waals surface area contributed by atoms with Gasteiger partial charge in [-0.25, -0.2) is 4.79 Å². The van der Waals surface area contributed by atoms with E-state index in [4.69, 9.17) is 5.11 Å². The summed E-state index contributed by atoms with van der Waals surface area (Å²) in [6.07, 6.45) is 1.48. The number of carbonyl (C=O) groups excluding carboxylic acids is 2. The highest BCUT2D eigenvalue weighted by atomic mass is 32.2. The summed E-state index contributed by atoms with van der Waals surface area (Å²) in [7, 11) is 0. The van der Waals surface area contributed by atoms with E-state index in [2.05, 4.69) is 5.32 Å². The molecule has 3 N–H and O–H groups in total. The maximum Gasteiger partial charge on any atom is 0.352 e. The van der Waals surface area contributed by atoms with Crippen LogP contribution in [0.5, 0.6) is 5.75 Å². The number of phenolic OH excluding ortho intramolecular Hbond substituents is 1. The summed E-state index contributed by atoms with van der Waals surface area (Å²) in [5.74, 6) is -1.66. The number of aliphatic carboxylic acids is 1. The van der Waals surface area contributed by atoms with E-state index in [9.17, 15) is 19.5 Å². The number of rotatable bonds is 3. The first-order valence-electron chi connectivity index (χ1n) is 6.47. The van der Waals surface area contributed by atoms with Crippen molar-refractivity contribution >= 4 is 29.5 Å². The van der Waals surface area contributed by atoms with Crippen molar-refractivity contribution in [3.63, 3.8) is 0 Å². The summed E-state index contributed by atoms with van der Waals surface area (Å²) in [4.78, 5) is 36.5. The van der Waals surface area contributed by atoms with E-state index >= 15 is 0 Å². The largest absolute Gasteiger partial charge is 0.508 e. The van der Waals surface area contributed by atoms with Crippen molar-refractivity contribution in [1.82, 2.24) is 10.2 Å². The van der Waals surface area contributed by atoms with Crippen LogP contribution in [0.4, 0.5) is 0 Å². The lowest BCUT2D eigenvalue weighted by Gasteiger charge is -2.48. The summed E-state index contributed by atoms with van der Waals surface area (Å²) in [5, 5.41) is 20.6. The molecule has 0 radical (unpaired) electrons. The summed E-state index contributed by atoms with van der Waals surface area (Å²) in [5.41, 5.74) is 0.192. The fraction of sp³-hybridized carbons (Fsp3) is 0.214. The third-order valence-electron chi connectivity index (χ3n) is 3.46. The van der Waals surface area contributed by atoms with Gasteiger partial charge in [0.2, 0.25) is 0 Å². The molecule has 8 heteroatoms. The highest BCUT2D eigenvalue weighted by molar-refractivity contribution is 8.00. The van der Waals surface area contributed by atoms with Gasteiger partial charge >= 0.3 is 5.97 Å². The first-order chi connectivity index (χ1) is 10.5. The molecule has 2 heterocycles. The molecule has 0 spiro atoms. The number of benzene rings is 1. The molecule has 0 saturated carbocycles. The van der Waals surface area contributed by atoms with Crippen LogP contribution in [0.1, 0.15) is 10.4 Å². The lowest BCUT2D eigenvalue weighted by molar-refractivity contribution is -0.148. The van der Waals surface area contributed by atoms with E-state index < -0.39 is 29.2 Å². The highest BCUT2D eigenvalue weighted by Crippen LogP contribution is 2.37. The Hall–Kier alpha value is -2.48. The topological polar surface area (TPSA) is 107 Å². The van der Waals surface area contributed by atoms with E-state index in [1.807, 2.05) is 0 Å². The number of nitrogens with zero attached hydrogens (tertiary/aromatic N) is 1. The second-order valence-corrected chi connectivity index (χ2v) is 5.98. The molecule has 0 aromatic heterocycles. The van der Waals surface area contributed by atoms with Crippen LogP contribution in [0, 0.1) is 0 Å². The number of aromatic hydroxyl groups is 1. The second kappa shape index (κ2) is 5.38. The fourth-order valence-corrected chi connectivity index (χ4v) is 3.60. The van der Waals surface area contributed by atoms with Gasteiger partial charge in [-0.3, -0.25) is 14.5 Å². The molecule has 2 amide bonds. The number of β-lactam (4-membered cyclic amide) rings is 1. The van der Waals surface area contributed by atoms with E-state index in [-0.39, 0.29) is 17.0 Å². The zero-order valence-corrected chi connectivity index (χ0v) is 12.0. The van der Waals surface area contributed by atoms with Crippen molar-refractivity contribution in [1.29, 1.82) is 0 Å². The van der Waals surface area contributed by atoms with Gasteiger partial charge in [0.15, 0.2) is 0 Å². The smallest absolute Gasteiger partial charge is 0.352 e. The van der Waals surface area contributed by atoms with Crippen molar-refractivity contribution in [2.75, 3.05) is 5.75 Å². The van der Waals surface area contributed by atoms with Crippen LogP contribution in [0.15, 0.2) is 36.0 Å². The van der Waals surface area contributed by atoms with Crippen LogP contribution in [0.25, 0.3) is 0 Å². The maximum atomic E-state index is 12.1. The van der Waals surface area contributed by atoms with Gasteiger partial charge in [-0.15, -0.1) is 11.8 Å². The number of carboxylic acid groups (broad SMARTS) is 1. The Labute approximate surface area is 129 Å². The second-order valence-electron chi connectivity index (χ2n) is 4.83. The molecule has 7 nitrogen and oxygen atoms in total. The first-order valence-corrected chi connectivity index (χ1v) is 7.52. The Bertz CT molecular complexity index is 702. The molecule has 1 unspecified atom stereocenters. The Morgan fingerprint density at radius 3 is 2.82 bits per heavy atom. The number of phenols is 1. The van der Waals surface area contributed by atoms with Crippen LogP contribution in [0.2, 0.25) is 0 Å². The number of fused-ring (bicyclic) bond motifs is 1. The van der Waals surface area contributed by atoms with Crippen molar-refractivity contribution in [2.24, 2.45) is 0 Å². The Balaban J connectivity index is 1.73. The molecule has 1 aromatic carbocycles. The quantitative estimate of drug-likeness (QED) is 0.695. The molecule has 0 aliphatic carbocycles. The average molecular weight is 320 g/mol. The van der Waals surface area contributed by atoms with Gasteiger partial charge in [-0.1, -0.05) is 6.07 Å². The van der Waals surface area contributed by atoms with E-state index in [0.29, 0.717) is 5.75 Å². The Kier molecular flexibility index (Phi) is 3.53. The third-order valence-corrected chi connectivity index (χ3v) is 4.64. The number of nitrogens with one attached hydrogen (secondary N) is 1. The number of carbonyl (C=O) groups is 3. The normalized spacial score (nSPS) is 23.2. The summed E-state index contributed by atoms with van der Waals surface area (Å²) < 4.78 is 0. The SMILES string of the molecule is O=C(O)C1=CCS[C@H]2C(NC(=O)c3cccc(O)c3)C(=O)N12. The minimum Gasteiger partial charge on any atom is -0.508 e. The zero-order chi connectivity index (χ0) is 15.9. The van der Waals surface area contributed by atoms with Gasteiger partial charge in [-0.2, -0.15) is 0 Å². The molecule has 3 rings (SSSR count). The predicted molar refractivity (Wildman–Crippen MR) is 78.2 cm³/mol. The zero-order valence-electron chi connectivity index (χ0n) is 11.2. The monoisotopic (exact) mass is 320 g/mol. The van der Waals surface area contributed by atoms with Crippen LogP contribution >= 0.6 is 11.8 Å². The molecular weight excluding hydrogens is 308 g/mol. The van der Waals surface area contributed by atoms with Crippen LogP contribution in [-0.2, 0) is 9.59 Å². The molecule has 0 bridgehead atoms. The molecule has 1 saturated heterocycles. The number of thioether (sulfide) groups is 1. The number of carboxylic acids is 1. The van der Waals surface area contributed by atoms with Crippen LogP contribution in [-0.4, -0.2) is 50.1 Å². The minimum atomic E-state index is -1.16. The average Bonchev–Trinajstić information content (AvgIpc) is 2.51. The summed E-state index contributed by atoms with van der Waals surface area (Å²) >= 11 is 1.39. The van der Waals surface area contributed by atoms with Crippen LogP contribution in [0.3, 0.4) is 0 Å². The van der Waals surface area contributed by atoms with Gasteiger partial charge in [-0.05, 0) is 24.3 Å². The third kappa shape index (κ3) is 2.31. The van der Waals surface area contributed by atoms with Crippen molar-refractivity contribution in [3.05, 3.63) is 41.6 Å². The van der Waals surface area contributed by atoms with Gasteiger partial charge < -0.3 is 15.5 Å². The molecular formula is C14H12N2O5S. The van der Waals surface area contributed by atoms with Crippen molar-refractivity contribution in [3.8, 4) is 5.75 Å². The van der Waals surface area contributed by atoms with Gasteiger partial charge in [0, 0.05) is 11.3 Å². The molecule has 114 valence electrons. The lowest BCUT2D eigenvalue weighted by atomic mass is 10.0. The Morgan fingerprint density at radius 1 is 1.36 bits per heavy atom. The van der Waals surface area contributed by atoms with E-state index in [1.165, 1.54) is 47.0 Å². The van der Waals surface area contributed by atoms with E-state index in [1.54, 1.807) is 0 Å². The molecule has 2 atom stereocenters. The highest BCUT2D eigenvalue weighted by Gasteiger charge is 2.52. The molecule has 1 aromatic rings. The van der Waals surface area contributed by atoms with Crippen molar-refractivity contribution < 1.29 is 24.6 Å². The first kappa shape index (κ1) is 14.5. The standard InChI is InChI=1S/C14H12N2O5S/c17-8-3-1-2-7(6-8)11(18)15-10-12(19)16-9(14(20)21)4-5-22-13(10)16/h1-4,6,10,13,17H,5H2,(H,15,18)(H,20,21)/t10?,13-/m0/s1. The summed E-state index contributed by atoms with van der Waals surface area (Å²) in [6.45, 7) is 0. The lowest BCUT2D eigenvalue weighted by Crippen LogP contribution is -2.70. The van der Waals surface area contributed by atoms with Gasteiger partial charge in [0.1, 0.15) is 22.9 Å². The fourth-order valence-electron chi connectivity index (χ4n) is 2.41. The molecule has 2 aliphatic rings. The molecule has 1 fully saturated rings. The van der Waals surface area contributed by atoms with E-state index in [0.717, 1.165) is 0 Å². The van der Waals surface area contributed by atoms with Gasteiger partial charge in [0.25, 0.3) is 11.8 Å². The van der Waals surface area contributed by atoms with Crippen LogP contribution < -0.4 is 5.32 Å². The van der Waals surface area contributed by atoms with Crippen molar-refractivity contribution in [2.45, 2.75) is 11.4 Å². The maximum absolute atomic E-state index is 12.1. The predicted octanol–water partition coefficient (Wildman–Crippen LogP) is 0.374.